The molecule has 1 saturated heterocycles. The second-order valence-corrected chi connectivity index (χ2v) is 20.7. The zero-order valence-corrected chi connectivity index (χ0v) is 22.1. The van der Waals surface area contributed by atoms with Gasteiger partial charge >= 0.3 is 0 Å². The van der Waals surface area contributed by atoms with Crippen LogP contribution in [-0.4, -0.2) is 54.6 Å². The Balaban J connectivity index is 2.81. The molecule has 0 aromatic rings. The van der Waals surface area contributed by atoms with E-state index < -0.39 is 16.6 Å². The number of rotatable bonds is 9. The van der Waals surface area contributed by atoms with Gasteiger partial charge in [-0.2, -0.15) is 5.48 Å². The molecule has 0 aromatic carbocycles. The summed E-state index contributed by atoms with van der Waals surface area (Å²) in [7, 11) is -3.63. The van der Waals surface area contributed by atoms with Crippen LogP contribution in [0.2, 0.25) is 36.3 Å². The topological polar surface area (TPSA) is 51.8 Å². The molecule has 166 valence electrons. The zero-order valence-electron chi connectivity index (χ0n) is 20.1. The van der Waals surface area contributed by atoms with E-state index in [1.165, 1.54) is 0 Å². The third-order valence-electron chi connectivity index (χ3n) is 6.73. The minimum Gasteiger partial charge on any atom is -0.415 e. The molecule has 7 heteroatoms. The Morgan fingerprint density at radius 3 is 2.11 bits per heavy atom. The quantitative estimate of drug-likeness (QED) is 0.237. The Bertz CT molecular complexity index is 499. The first-order valence-electron chi connectivity index (χ1n) is 10.6. The van der Waals surface area contributed by atoms with E-state index in [1.807, 2.05) is 0 Å². The molecule has 1 aliphatic heterocycles. The molecule has 28 heavy (non-hydrogen) atoms. The lowest BCUT2D eigenvalue weighted by atomic mass is 9.99. The Kier molecular flexibility index (Phi) is 9.15. The third kappa shape index (κ3) is 7.34. The highest BCUT2D eigenvalue weighted by atomic mass is 28.4. The molecule has 0 amide bonds. The summed E-state index contributed by atoms with van der Waals surface area (Å²) in [5.74, 6) is 0. The standard InChI is InChI=1S/C21H46N2O3Si2/c1-12-13-24-23-18-15-22-17(16-25-27(8,9)20(2,3)4)14-19(18)26-28(10,11)21(5,6)7/h12,17-19,22-23H,1,13-16H2,2-11H3/t17-,18-,19?/m0/s1. The molecule has 0 aromatic heterocycles. The van der Waals surface area contributed by atoms with Crippen LogP contribution in [0.5, 0.6) is 0 Å². The molecule has 5 nitrogen and oxygen atoms in total. The first kappa shape index (κ1) is 26.0. The molecular formula is C21H46N2O3Si2. The molecule has 1 unspecified atom stereocenters. The van der Waals surface area contributed by atoms with E-state index in [1.54, 1.807) is 6.08 Å². The second kappa shape index (κ2) is 9.85. The van der Waals surface area contributed by atoms with Gasteiger partial charge in [-0.15, -0.1) is 6.58 Å². The summed E-state index contributed by atoms with van der Waals surface area (Å²) in [6, 6.07) is 0.430. The fourth-order valence-corrected chi connectivity index (χ4v) is 5.04. The Morgan fingerprint density at radius 1 is 1.04 bits per heavy atom. The molecule has 1 heterocycles. The molecule has 0 spiro atoms. The molecule has 0 radical (unpaired) electrons. The Labute approximate surface area is 176 Å². The van der Waals surface area contributed by atoms with Gasteiger partial charge in [0.25, 0.3) is 0 Å². The summed E-state index contributed by atoms with van der Waals surface area (Å²) in [5.41, 5.74) is 3.20. The van der Waals surface area contributed by atoms with Gasteiger partial charge in [-0.1, -0.05) is 47.6 Å². The van der Waals surface area contributed by atoms with Crippen molar-refractivity contribution in [3.63, 3.8) is 0 Å². The monoisotopic (exact) mass is 430 g/mol. The summed E-state index contributed by atoms with van der Waals surface area (Å²) in [4.78, 5) is 5.55. The number of hydroxylamine groups is 1. The van der Waals surface area contributed by atoms with Crippen LogP contribution in [0, 0.1) is 0 Å². The van der Waals surface area contributed by atoms with Crippen LogP contribution in [0.1, 0.15) is 48.0 Å². The van der Waals surface area contributed by atoms with E-state index in [4.69, 9.17) is 13.7 Å². The van der Waals surface area contributed by atoms with Crippen molar-refractivity contribution in [2.75, 3.05) is 19.8 Å². The minimum absolute atomic E-state index is 0.111. The fourth-order valence-electron chi connectivity index (χ4n) is 2.62. The van der Waals surface area contributed by atoms with Crippen LogP contribution in [0.4, 0.5) is 0 Å². The first-order valence-corrected chi connectivity index (χ1v) is 16.5. The van der Waals surface area contributed by atoms with Gasteiger partial charge in [0.15, 0.2) is 16.6 Å². The lowest BCUT2D eigenvalue weighted by Gasteiger charge is -2.45. The van der Waals surface area contributed by atoms with E-state index >= 15 is 0 Å². The molecular weight excluding hydrogens is 384 g/mol. The molecule has 2 N–H and O–H groups in total. The average Bonchev–Trinajstić information content (AvgIpc) is 2.52. The maximum atomic E-state index is 6.80. The van der Waals surface area contributed by atoms with Crippen LogP contribution in [0.25, 0.3) is 0 Å². The van der Waals surface area contributed by atoms with E-state index in [0.717, 1.165) is 19.6 Å². The second-order valence-electron chi connectivity index (χ2n) is 11.2. The number of piperidine rings is 1. The van der Waals surface area contributed by atoms with Crippen molar-refractivity contribution in [3.8, 4) is 0 Å². The maximum absolute atomic E-state index is 6.80. The smallest absolute Gasteiger partial charge is 0.192 e. The highest BCUT2D eigenvalue weighted by Gasteiger charge is 2.43. The van der Waals surface area contributed by atoms with Gasteiger partial charge in [-0.05, 0) is 42.7 Å². The van der Waals surface area contributed by atoms with Gasteiger partial charge in [-0.25, -0.2) is 0 Å². The van der Waals surface area contributed by atoms with Gasteiger partial charge < -0.3 is 14.2 Å². The van der Waals surface area contributed by atoms with Gasteiger partial charge in [0.05, 0.1) is 18.8 Å². The lowest BCUT2D eigenvalue weighted by Crippen LogP contribution is -2.61. The summed E-state index contributed by atoms with van der Waals surface area (Å²) >= 11 is 0. The molecule has 3 atom stereocenters. The van der Waals surface area contributed by atoms with E-state index in [0.29, 0.717) is 12.6 Å². The van der Waals surface area contributed by atoms with Gasteiger partial charge in [0, 0.05) is 19.2 Å². The van der Waals surface area contributed by atoms with Crippen LogP contribution in [-0.2, 0) is 13.7 Å². The molecule has 0 saturated carbocycles. The van der Waals surface area contributed by atoms with Crippen molar-refractivity contribution in [2.45, 2.75) is 102 Å². The van der Waals surface area contributed by atoms with Crippen LogP contribution < -0.4 is 10.8 Å². The van der Waals surface area contributed by atoms with E-state index in [9.17, 15) is 0 Å². The summed E-state index contributed by atoms with van der Waals surface area (Å²) in [6.07, 6.45) is 2.79. The van der Waals surface area contributed by atoms with Crippen LogP contribution >= 0.6 is 0 Å². The third-order valence-corrected chi connectivity index (χ3v) is 15.7. The number of hydrogen-bond acceptors (Lipinski definition) is 5. The van der Waals surface area contributed by atoms with Crippen molar-refractivity contribution < 1.29 is 13.7 Å². The predicted molar refractivity (Wildman–Crippen MR) is 125 cm³/mol. The highest BCUT2D eigenvalue weighted by molar-refractivity contribution is 6.74. The van der Waals surface area contributed by atoms with Crippen molar-refractivity contribution >= 4 is 16.6 Å². The summed E-state index contributed by atoms with van der Waals surface area (Å²) < 4.78 is 13.3. The molecule has 0 aliphatic carbocycles. The molecule has 0 bridgehead atoms. The van der Waals surface area contributed by atoms with Crippen LogP contribution in [0.15, 0.2) is 12.7 Å². The average molecular weight is 431 g/mol. The number of hydrogen-bond donors (Lipinski definition) is 2. The van der Waals surface area contributed by atoms with Crippen molar-refractivity contribution in [2.24, 2.45) is 0 Å². The van der Waals surface area contributed by atoms with Gasteiger partial charge in [0.2, 0.25) is 0 Å². The lowest BCUT2D eigenvalue weighted by molar-refractivity contribution is -0.0253. The fraction of sp³-hybridized carbons (Fsp3) is 0.905. The van der Waals surface area contributed by atoms with Crippen molar-refractivity contribution in [3.05, 3.63) is 12.7 Å². The minimum atomic E-state index is -1.88. The molecule has 1 fully saturated rings. The van der Waals surface area contributed by atoms with Crippen LogP contribution in [0.3, 0.4) is 0 Å². The van der Waals surface area contributed by atoms with E-state index in [-0.39, 0.29) is 22.2 Å². The molecule has 1 aliphatic rings. The summed E-state index contributed by atoms with van der Waals surface area (Å²) in [5, 5.41) is 4.04. The Hall–Kier alpha value is -0.0262. The first-order chi connectivity index (χ1) is 12.6. The van der Waals surface area contributed by atoms with Crippen molar-refractivity contribution in [1.29, 1.82) is 0 Å². The SMILES string of the molecule is C=CCON[C@H]1CN[C@H](CO[Si](C)(C)C(C)(C)C)CC1O[Si](C)(C)C(C)(C)C. The zero-order chi connectivity index (χ0) is 21.8. The summed E-state index contributed by atoms with van der Waals surface area (Å²) in [6.45, 7) is 28.7. The van der Waals surface area contributed by atoms with Crippen molar-refractivity contribution in [1.82, 2.24) is 10.8 Å². The Morgan fingerprint density at radius 2 is 1.61 bits per heavy atom. The molecule has 1 rings (SSSR count). The normalized spacial score (nSPS) is 25.0. The largest absolute Gasteiger partial charge is 0.415 e. The maximum Gasteiger partial charge on any atom is 0.192 e. The van der Waals surface area contributed by atoms with Gasteiger partial charge in [0.1, 0.15) is 0 Å². The highest BCUT2D eigenvalue weighted by Crippen LogP contribution is 2.39. The number of nitrogens with one attached hydrogen (secondary N) is 2. The van der Waals surface area contributed by atoms with Gasteiger partial charge in [-0.3, -0.25) is 4.84 Å². The predicted octanol–water partition coefficient (Wildman–Crippen LogP) is 4.84. The van der Waals surface area contributed by atoms with E-state index in [2.05, 4.69) is 85.1 Å².